The maximum Gasteiger partial charge on any atom is 0.287 e. The normalized spacial score (nSPS) is 13.5. The summed E-state index contributed by atoms with van der Waals surface area (Å²) in [5, 5.41) is 3.25. The van der Waals surface area contributed by atoms with E-state index in [9.17, 15) is 4.79 Å². The topological polar surface area (TPSA) is 60.7 Å². The monoisotopic (exact) mass is 385 g/mol. The second-order valence-electron chi connectivity index (χ2n) is 4.74. The number of halogens is 2. The third-order valence-corrected chi connectivity index (χ3v) is 3.82. The number of hydrogen-bond donors (Lipinski definition) is 1. The average Bonchev–Trinajstić information content (AvgIpc) is 2.79. The summed E-state index contributed by atoms with van der Waals surface area (Å²) in [5.74, 6) is 1.11. The van der Waals surface area contributed by atoms with E-state index in [1.165, 1.54) is 0 Å². The molecule has 7 heteroatoms. The molecule has 1 aromatic carbocycles. The molecule has 0 fully saturated rings. The van der Waals surface area contributed by atoms with Gasteiger partial charge in [0.2, 0.25) is 0 Å². The van der Waals surface area contributed by atoms with E-state index in [4.69, 9.17) is 25.5 Å². The van der Waals surface area contributed by atoms with Gasteiger partial charge < -0.3 is 19.2 Å². The zero-order chi connectivity index (χ0) is 15.5. The van der Waals surface area contributed by atoms with Gasteiger partial charge in [0.05, 0.1) is 18.2 Å². The van der Waals surface area contributed by atoms with Crippen molar-refractivity contribution in [3.8, 4) is 11.5 Å². The van der Waals surface area contributed by atoms with Gasteiger partial charge in [0.1, 0.15) is 0 Å². The van der Waals surface area contributed by atoms with E-state index < -0.39 is 0 Å². The Balaban J connectivity index is 1.71. The molecule has 0 radical (unpaired) electrons. The largest absolute Gasteiger partial charge is 0.489 e. The van der Waals surface area contributed by atoms with Gasteiger partial charge in [-0.2, -0.15) is 0 Å². The number of carbonyl (C=O) groups is 1. The lowest BCUT2D eigenvalue weighted by Gasteiger charge is -2.12. The number of nitrogens with one attached hydrogen (secondary N) is 1. The van der Waals surface area contributed by atoms with Gasteiger partial charge in [-0.25, -0.2) is 0 Å². The molecular weight excluding hydrogens is 374 g/mol. The Bertz CT molecular complexity index is 701. The fourth-order valence-electron chi connectivity index (χ4n) is 2.09. The van der Waals surface area contributed by atoms with Crippen LogP contribution >= 0.6 is 27.5 Å². The van der Waals surface area contributed by atoms with Crippen LogP contribution in [0.1, 0.15) is 22.5 Å². The Morgan fingerprint density at radius 1 is 1.27 bits per heavy atom. The van der Waals surface area contributed by atoms with Crippen LogP contribution in [0.25, 0.3) is 0 Å². The number of carbonyl (C=O) groups excluding carboxylic acids is 1. The third-order valence-electron chi connectivity index (χ3n) is 3.11. The summed E-state index contributed by atoms with van der Waals surface area (Å²) in [6, 6.07) is 6.85. The van der Waals surface area contributed by atoms with Gasteiger partial charge in [-0.05, 0) is 45.8 Å². The Labute approximate surface area is 140 Å². The maximum atomic E-state index is 11.9. The van der Waals surface area contributed by atoms with Gasteiger partial charge in [0.15, 0.2) is 21.9 Å². The number of fused-ring (bicyclic) bond motifs is 1. The van der Waals surface area contributed by atoms with Gasteiger partial charge in [-0.15, -0.1) is 0 Å². The average molecular weight is 387 g/mol. The minimum absolute atomic E-state index is 0.243. The number of furan rings is 1. The second-order valence-corrected chi connectivity index (χ2v) is 5.93. The van der Waals surface area contributed by atoms with Crippen LogP contribution in [0.2, 0.25) is 5.02 Å². The van der Waals surface area contributed by atoms with E-state index >= 15 is 0 Å². The summed E-state index contributed by atoms with van der Waals surface area (Å²) < 4.78 is 16.9. The van der Waals surface area contributed by atoms with Crippen molar-refractivity contribution in [3.05, 3.63) is 45.3 Å². The van der Waals surface area contributed by atoms with Crippen molar-refractivity contribution in [1.29, 1.82) is 0 Å². The summed E-state index contributed by atoms with van der Waals surface area (Å²) in [5.41, 5.74) is 0.827. The van der Waals surface area contributed by atoms with E-state index in [1.54, 1.807) is 18.2 Å². The first-order chi connectivity index (χ1) is 10.6. The highest BCUT2D eigenvalue weighted by Gasteiger charge is 2.16. The van der Waals surface area contributed by atoms with Crippen molar-refractivity contribution >= 4 is 33.4 Å². The molecule has 0 unspecified atom stereocenters. The van der Waals surface area contributed by atoms with Crippen LogP contribution in [0.3, 0.4) is 0 Å². The molecular formula is C15H13BrClNO4. The lowest BCUT2D eigenvalue weighted by atomic mass is 10.2. The molecule has 5 nitrogen and oxygen atoms in total. The highest BCUT2D eigenvalue weighted by molar-refractivity contribution is 9.10. The predicted octanol–water partition coefficient (Wildman–Crippen LogP) is 3.79. The van der Waals surface area contributed by atoms with Crippen LogP contribution < -0.4 is 14.8 Å². The van der Waals surface area contributed by atoms with Crippen molar-refractivity contribution in [1.82, 2.24) is 5.32 Å². The van der Waals surface area contributed by atoms with Crippen LogP contribution in [0.4, 0.5) is 0 Å². The molecule has 1 aromatic heterocycles. The molecule has 116 valence electrons. The minimum Gasteiger partial charge on any atom is -0.489 e. The van der Waals surface area contributed by atoms with Crippen molar-refractivity contribution in [2.45, 2.75) is 13.0 Å². The van der Waals surface area contributed by atoms with Crippen LogP contribution in [-0.4, -0.2) is 19.1 Å². The molecule has 1 N–H and O–H groups in total. The Kier molecular flexibility index (Phi) is 4.59. The highest BCUT2D eigenvalue weighted by Crippen LogP contribution is 2.37. The molecule has 2 aromatic rings. The fourth-order valence-corrected chi connectivity index (χ4v) is 2.69. The van der Waals surface area contributed by atoms with Crippen LogP contribution in [-0.2, 0) is 6.54 Å². The van der Waals surface area contributed by atoms with E-state index in [0.29, 0.717) is 40.9 Å². The first-order valence-corrected chi connectivity index (χ1v) is 7.92. The van der Waals surface area contributed by atoms with E-state index in [-0.39, 0.29) is 11.7 Å². The van der Waals surface area contributed by atoms with Gasteiger partial charge in [0, 0.05) is 13.0 Å². The molecule has 22 heavy (non-hydrogen) atoms. The minimum atomic E-state index is -0.297. The number of benzene rings is 1. The highest BCUT2D eigenvalue weighted by atomic mass is 79.9. The summed E-state index contributed by atoms with van der Waals surface area (Å²) >= 11 is 9.37. The van der Waals surface area contributed by atoms with Crippen LogP contribution in [0, 0.1) is 0 Å². The molecule has 3 rings (SSSR count). The zero-order valence-corrected chi connectivity index (χ0v) is 13.9. The molecule has 1 aliphatic heterocycles. The number of amides is 1. The number of hydrogen-bond acceptors (Lipinski definition) is 4. The molecule has 0 atom stereocenters. The van der Waals surface area contributed by atoms with Gasteiger partial charge in [-0.1, -0.05) is 11.6 Å². The molecule has 0 bridgehead atoms. The quantitative estimate of drug-likeness (QED) is 0.872. The van der Waals surface area contributed by atoms with Crippen molar-refractivity contribution in [2.24, 2.45) is 0 Å². The summed E-state index contributed by atoms with van der Waals surface area (Å²) in [6.45, 7) is 1.48. The summed E-state index contributed by atoms with van der Waals surface area (Å²) in [6.07, 6.45) is 0.810. The Morgan fingerprint density at radius 2 is 2.09 bits per heavy atom. The molecule has 0 aliphatic carbocycles. The van der Waals surface area contributed by atoms with Crippen LogP contribution in [0.15, 0.2) is 33.4 Å². The van der Waals surface area contributed by atoms with Crippen molar-refractivity contribution in [3.63, 3.8) is 0 Å². The summed E-state index contributed by atoms with van der Waals surface area (Å²) in [4.78, 5) is 11.9. The number of ether oxygens (including phenoxy) is 2. The Hall–Kier alpha value is -1.66. The fraction of sp³-hybridized carbons (Fsp3) is 0.267. The first kappa shape index (κ1) is 15.2. The van der Waals surface area contributed by atoms with E-state index in [2.05, 4.69) is 21.2 Å². The predicted molar refractivity (Wildman–Crippen MR) is 84.6 cm³/mol. The number of rotatable bonds is 3. The zero-order valence-electron chi connectivity index (χ0n) is 11.5. The summed E-state index contributed by atoms with van der Waals surface area (Å²) in [7, 11) is 0. The molecule has 1 aliphatic rings. The van der Waals surface area contributed by atoms with Gasteiger partial charge in [0.25, 0.3) is 5.91 Å². The third kappa shape index (κ3) is 3.39. The second kappa shape index (κ2) is 6.62. The van der Waals surface area contributed by atoms with E-state index in [0.717, 1.165) is 12.0 Å². The molecule has 1 amide bonds. The van der Waals surface area contributed by atoms with Crippen LogP contribution in [0.5, 0.6) is 11.5 Å². The maximum absolute atomic E-state index is 11.9. The molecule has 2 heterocycles. The van der Waals surface area contributed by atoms with Crippen molar-refractivity contribution in [2.75, 3.05) is 13.2 Å². The van der Waals surface area contributed by atoms with Crippen molar-refractivity contribution < 1.29 is 18.7 Å². The SMILES string of the molecule is O=C(NCc1cc(Cl)c2c(c1)OCCCO2)c1ccc(Br)o1. The van der Waals surface area contributed by atoms with Gasteiger partial charge in [-0.3, -0.25) is 4.79 Å². The van der Waals surface area contributed by atoms with E-state index in [1.807, 2.05) is 6.07 Å². The molecule has 0 spiro atoms. The lowest BCUT2D eigenvalue weighted by molar-refractivity contribution is 0.0922. The standard InChI is InChI=1S/C15H13BrClNO4/c16-13-3-2-11(22-13)15(19)18-8-9-6-10(17)14-12(7-9)20-4-1-5-21-14/h2-3,6-7H,1,4-5,8H2,(H,18,19). The van der Waals surface area contributed by atoms with Gasteiger partial charge >= 0.3 is 0 Å². The smallest absolute Gasteiger partial charge is 0.287 e. The Morgan fingerprint density at radius 3 is 2.86 bits per heavy atom. The molecule has 0 saturated carbocycles. The first-order valence-electron chi connectivity index (χ1n) is 6.75. The lowest BCUT2D eigenvalue weighted by Crippen LogP contribution is -2.22. The molecule has 0 saturated heterocycles.